The highest BCUT2D eigenvalue weighted by molar-refractivity contribution is 8.00. The van der Waals surface area contributed by atoms with Crippen molar-refractivity contribution in [1.82, 2.24) is 4.57 Å². The lowest BCUT2D eigenvalue weighted by molar-refractivity contribution is -0.144. The number of esters is 1. The molecule has 0 bridgehead atoms. The number of benzene rings is 2. The van der Waals surface area contributed by atoms with E-state index in [-0.39, 0.29) is 23.4 Å². The summed E-state index contributed by atoms with van der Waals surface area (Å²) in [6.07, 6.45) is 0. The maximum absolute atomic E-state index is 13.9. The zero-order chi connectivity index (χ0) is 27.4. The SMILES string of the molecule is CCOC(=O)Cn1c2c(sc1=O)[C@@H](c1ccc(C(C)(C)C)cc1)[C@@H]1C(=O)N(c3ccc(F)cc3)C(=O)[C@@H]1S2. The third-order valence-corrected chi connectivity index (χ3v) is 9.47. The first-order valence-electron chi connectivity index (χ1n) is 12.3. The molecule has 0 aliphatic carbocycles. The second-order valence-electron chi connectivity index (χ2n) is 10.3. The second kappa shape index (κ2) is 9.81. The molecule has 3 atom stereocenters. The van der Waals surface area contributed by atoms with Crippen molar-refractivity contribution >= 4 is 46.6 Å². The van der Waals surface area contributed by atoms with Gasteiger partial charge in [-0.15, -0.1) is 0 Å². The maximum atomic E-state index is 13.9. The lowest BCUT2D eigenvalue weighted by atomic mass is 9.81. The number of rotatable bonds is 5. The largest absolute Gasteiger partial charge is 0.465 e. The van der Waals surface area contributed by atoms with Gasteiger partial charge >= 0.3 is 10.8 Å². The van der Waals surface area contributed by atoms with E-state index in [9.17, 15) is 23.6 Å². The molecule has 2 amide bonds. The summed E-state index contributed by atoms with van der Waals surface area (Å²) in [6, 6.07) is 13.1. The molecule has 0 unspecified atom stereocenters. The number of fused-ring (bicyclic) bond motifs is 2. The molecule has 3 heterocycles. The van der Waals surface area contributed by atoms with Gasteiger partial charge in [0.2, 0.25) is 11.8 Å². The molecule has 2 aliphatic rings. The summed E-state index contributed by atoms with van der Waals surface area (Å²) >= 11 is 2.12. The Balaban J connectivity index is 1.64. The first kappa shape index (κ1) is 26.4. The van der Waals surface area contributed by atoms with Crippen LogP contribution in [0.2, 0.25) is 0 Å². The van der Waals surface area contributed by atoms with Crippen LogP contribution in [0.25, 0.3) is 0 Å². The summed E-state index contributed by atoms with van der Waals surface area (Å²) in [7, 11) is 0. The zero-order valence-corrected chi connectivity index (χ0v) is 23.0. The highest BCUT2D eigenvalue weighted by atomic mass is 32.2. The Bertz CT molecular complexity index is 1470. The van der Waals surface area contributed by atoms with Crippen LogP contribution < -0.4 is 9.77 Å². The summed E-state index contributed by atoms with van der Waals surface area (Å²) in [5.74, 6) is -3.17. The Hall–Kier alpha value is -3.24. The lowest BCUT2D eigenvalue weighted by Crippen LogP contribution is -2.32. The molecule has 0 spiro atoms. The van der Waals surface area contributed by atoms with E-state index in [2.05, 4.69) is 20.8 Å². The molecular weight excluding hydrogens is 527 g/mol. The number of aromatic nitrogens is 1. The molecular formula is C28H27FN2O5S2. The molecule has 2 aliphatic heterocycles. The van der Waals surface area contributed by atoms with Crippen molar-refractivity contribution in [3.63, 3.8) is 0 Å². The van der Waals surface area contributed by atoms with Crippen molar-refractivity contribution in [3.05, 3.63) is 80.0 Å². The van der Waals surface area contributed by atoms with Crippen LogP contribution >= 0.6 is 23.1 Å². The number of anilines is 1. The number of nitrogens with zero attached hydrogens (tertiary/aromatic N) is 2. The van der Waals surface area contributed by atoms with Gasteiger partial charge in [0.05, 0.1) is 23.2 Å². The number of thiazole rings is 1. The monoisotopic (exact) mass is 554 g/mol. The first-order chi connectivity index (χ1) is 18.0. The average Bonchev–Trinajstić information content (AvgIpc) is 3.30. The standard InChI is InChI=1S/C28H27FN2O5S2/c1-5-36-19(32)14-30-26-23(38-27(30)35)20(15-6-8-16(9-7-15)28(2,3)4)21-22(37-26)25(34)31(24(21)33)18-12-10-17(29)11-13-18/h6-13,20-22H,5,14H2,1-4H3/t20-,21-,22+/m0/s1. The molecule has 1 aromatic heterocycles. The Morgan fingerprint density at radius 2 is 1.66 bits per heavy atom. The number of halogens is 1. The van der Waals surface area contributed by atoms with Crippen molar-refractivity contribution < 1.29 is 23.5 Å². The van der Waals surface area contributed by atoms with Crippen LogP contribution in [0, 0.1) is 11.7 Å². The van der Waals surface area contributed by atoms with E-state index in [1.807, 2.05) is 24.3 Å². The van der Waals surface area contributed by atoms with E-state index < -0.39 is 40.7 Å². The van der Waals surface area contributed by atoms with E-state index in [4.69, 9.17) is 4.74 Å². The van der Waals surface area contributed by atoms with Crippen molar-refractivity contribution in [2.75, 3.05) is 11.5 Å². The van der Waals surface area contributed by atoms with Gasteiger partial charge in [-0.3, -0.25) is 23.7 Å². The molecule has 0 N–H and O–H groups in total. The minimum Gasteiger partial charge on any atom is -0.465 e. The van der Waals surface area contributed by atoms with E-state index in [1.165, 1.54) is 28.8 Å². The van der Waals surface area contributed by atoms with Crippen molar-refractivity contribution in [2.24, 2.45) is 5.92 Å². The Labute approximate surface area is 227 Å². The molecule has 7 nitrogen and oxygen atoms in total. The van der Waals surface area contributed by atoms with Crippen LogP contribution in [-0.4, -0.2) is 34.2 Å². The molecule has 10 heteroatoms. The van der Waals surface area contributed by atoms with Gasteiger partial charge in [-0.1, -0.05) is 68.1 Å². The molecule has 1 saturated heterocycles. The van der Waals surface area contributed by atoms with Gasteiger partial charge < -0.3 is 4.74 Å². The fraction of sp³-hybridized carbons (Fsp3) is 0.357. The van der Waals surface area contributed by atoms with E-state index in [0.717, 1.165) is 39.1 Å². The average molecular weight is 555 g/mol. The molecule has 0 radical (unpaired) electrons. The molecule has 38 heavy (non-hydrogen) atoms. The minimum atomic E-state index is -0.810. The first-order valence-corrected chi connectivity index (χ1v) is 14.0. The quantitative estimate of drug-likeness (QED) is 0.336. The number of carbonyl (C=O) groups excluding carboxylic acids is 3. The van der Waals surface area contributed by atoms with E-state index in [0.29, 0.717) is 15.6 Å². The Morgan fingerprint density at radius 3 is 2.26 bits per heavy atom. The van der Waals surface area contributed by atoms with Crippen molar-refractivity contribution in [2.45, 2.75) is 55.8 Å². The number of hydrogen-bond donors (Lipinski definition) is 0. The lowest BCUT2D eigenvalue weighted by Gasteiger charge is -2.31. The number of imide groups is 1. The number of thioether (sulfide) groups is 1. The van der Waals surface area contributed by atoms with Gasteiger partial charge in [-0.05, 0) is 47.7 Å². The topological polar surface area (TPSA) is 85.7 Å². The fourth-order valence-electron chi connectivity index (χ4n) is 4.99. The van der Waals surface area contributed by atoms with Gasteiger partial charge in [0.1, 0.15) is 17.6 Å². The van der Waals surface area contributed by atoms with Gasteiger partial charge in [0.15, 0.2) is 0 Å². The molecule has 3 aromatic rings. The second-order valence-corrected chi connectivity index (χ2v) is 12.5. The Kier molecular flexibility index (Phi) is 6.81. The number of carbonyl (C=O) groups is 3. The van der Waals surface area contributed by atoms with Crippen LogP contribution in [0.4, 0.5) is 10.1 Å². The van der Waals surface area contributed by atoms with Crippen molar-refractivity contribution in [1.29, 1.82) is 0 Å². The molecule has 0 saturated carbocycles. The smallest absolute Gasteiger partial charge is 0.326 e. The van der Waals surface area contributed by atoms with Gasteiger partial charge in [0.25, 0.3) is 0 Å². The minimum absolute atomic E-state index is 0.0824. The highest BCUT2D eigenvalue weighted by Gasteiger charge is 2.56. The summed E-state index contributed by atoms with van der Waals surface area (Å²) < 4.78 is 20.0. The number of amides is 2. The third-order valence-electron chi connectivity index (χ3n) is 6.86. The number of hydrogen-bond acceptors (Lipinski definition) is 7. The molecule has 1 fully saturated rings. The van der Waals surface area contributed by atoms with Gasteiger partial charge in [-0.2, -0.15) is 0 Å². The molecule has 5 rings (SSSR count). The summed E-state index contributed by atoms with van der Waals surface area (Å²) in [5, 5.41) is -0.309. The summed E-state index contributed by atoms with van der Waals surface area (Å²) in [5.41, 5.74) is 2.13. The highest BCUT2D eigenvalue weighted by Crippen LogP contribution is 2.54. The molecule has 198 valence electrons. The number of ether oxygens (including phenoxy) is 1. The van der Waals surface area contributed by atoms with Crippen LogP contribution in [0.5, 0.6) is 0 Å². The van der Waals surface area contributed by atoms with Crippen LogP contribution in [0.3, 0.4) is 0 Å². The normalized spacial score (nSPS) is 20.9. The summed E-state index contributed by atoms with van der Waals surface area (Å²) in [6.45, 7) is 7.91. The Morgan fingerprint density at radius 1 is 1.00 bits per heavy atom. The fourth-order valence-corrected chi connectivity index (χ4v) is 7.76. The van der Waals surface area contributed by atoms with Crippen molar-refractivity contribution in [3.8, 4) is 0 Å². The summed E-state index contributed by atoms with van der Waals surface area (Å²) in [4.78, 5) is 54.3. The molecule has 2 aromatic carbocycles. The maximum Gasteiger partial charge on any atom is 0.326 e. The van der Waals surface area contributed by atoms with Crippen LogP contribution in [0.15, 0.2) is 58.4 Å². The van der Waals surface area contributed by atoms with Gasteiger partial charge in [0, 0.05) is 10.8 Å². The zero-order valence-electron chi connectivity index (χ0n) is 21.4. The van der Waals surface area contributed by atoms with Crippen LogP contribution in [0.1, 0.15) is 49.6 Å². The predicted octanol–water partition coefficient (Wildman–Crippen LogP) is 4.71. The van der Waals surface area contributed by atoms with Crippen LogP contribution in [-0.2, 0) is 31.1 Å². The van der Waals surface area contributed by atoms with Gasteiger partial charge in [-0.25, -0.2) is 9.29 Å². The third kappa shape index (κ3) is 4.49. The predicted molar refractivity (Wildman–Crippen MR) is 144 cm³/mol. The van der Waals surface area contributed by atoms with E-state index >= 15 is 0 Å². The van der Waals surface area contributed by atoms with E-state index in [1.54, 1.807) is 6.92 Å².